The van der Waals surface area contributed by atoms with Crippen molar-refractivity contribution in [3.63, 3.8) is 0 Å². The second-order valence-corrected chi connectivity index (χ2v) is 9.62. The maximum absolute atomic E-state index is 13.6. The summed E-state index contributed by atoms with van der Waals surface area (Å²) < 4.78 is 39.5. The summed E-state index contributed by atoms with van der Waals surface area (Å²) in [5, 5.41) is 7.59. The minimum atomic E-state index is -4.42. The normalized spacial score (nSPS) is 12.2. The number of hydrogen-bond acceptors (Lipinski definition) is 3. The summed E-state index contributed by atoms with van der Waals surface area (Å²) in [6.07, 6.45) is -0.977. The van der Waals surface area contributed by atoms with Gasteiger partial charge in [-0.25, -0.2) is 4.98 Å². The predicted octanol–water partition coefficient (Wildman–Crippen LogP) is 6.16. The third kappa shape index (κ3) is 5.70. The van der Waals surface area contributed by atoms with Crippen LogP contribution in [0, 0.1) is 0 Å². The number of carbonyl (C=O) groups is 1. The molecule has 182 valence electrons. The average Bonchev–Trinajstić information content (AvgIpc) is 3.30. The van der Waals surface area contributed by atoms with Crippen molar-refractivity contribution in [2.75, 3.05) is 6.54 Å². The molecule has 0 aliphatic carbocycles. The van der Waals surface area contributed by atoms with Gasteiger partial charge in [-0.15, -0.1) is 0 Å². The number of amides is 1. The van der Waals surface area contributed by atoms with Crippen molar-refractivity contribution >= 4 is 16.8 Å². The zero-order chi connectivity index (χ0) is 25.2. The van der Waals surface area contributed by atoms with Crippen LogP contribution in [0.1, 0.15) is 53.5 Å². The van der Waals surface area contributed by atoms with E-state index in [4.69, 9.17) is 0 Å². The van der Waals surface area contributed by atoms with Gasteiger partial charge in [-0.05, 0) is 40.7 Å². The Balaban J connectivity index is 1.61. The van der Waals surface area contributed by atoms with Gasteiger partial charge in [0.1, 0.15) is 0 Å². The quantitative estimate of drug-likeness (QED) is 0.360. The molecule has 0 unspecified atom stereocenters. The molecule has 4 rings (SSSR count). The molecule has 0 saturated heterocycles. The predicted molar refractivity (Wildman–Crippen MR) is 129 cm³/mol. The highest BCUT2D eigenvalue weighted by molar-refractivity contribution is 6.03. The van der Waals surface area contributed by atoms with Gasteiger partial charge in [-0.1, -0.05) is 63.2 Å². The number of aromatic nitrogens is 3. The number of carbonyl (C=O) groups excluding carboxylic acids is 1. The van der Waals surface area contributed by atoms with Crippen LogP contribution in [-0.2, 0) is 24.6 Å². The van der Waals surface area contributed by atoms with Crippen LogP contribution in [-0.4, -0.2) is 32.5 Å². The van der Waals surface area contributed by atoms with Crippen LogP contribution in [0.2, 0.25) is 0 Å². The number of nitrogens with zero attached hydrogens (tertiary/aromatic N) is 3. The van der Waals surface area contributed by atoms with Crippen molar-refractivity contribution in [1.82, 2.24) is 20.1 Å². The Bertz CT molecular complexity index is 1320. The molecule has 2 aromatic carbocycles. The molecule has 0 radical (unpaired) electrons. The average molecular weight is 481 g/mol. The molecule has 0 fully saturated rings. The number of alkyl halides is 3. The highest BCUT2D eigenvalue weighted by atomic mass is 19.4. The zero-order valence-electron chi connectivity index (χ0n) is 19.9. The molecular formula is C27H27F3N4O. The van der Waals surface area contributed by atoms with E-state index in [2.05, 4.69) is 36.0 Å². The van der Waals surface area contributed by atoms with E-state index < -0.39 is 11.7 Å². The van der Waals surface area contributed by atoms with Crippen LogP contribution >= 0.6 is 0 Å². The van der Waals surface area contributed by atoms with Gasteiger partial charge in [-0.2, -0.15) is 18.3 Å². The van der Waals surface area contributed by atoms with Crippen LogP contribution in [0.4, 0.5) is 13.2 Å². The lowest BCUT2D eigenvalue weighted by Gasteiger charge is -2.24. The largest absolute Gasteiger partial charge is 0.416 e. The Labute approximate surface area is 202 Å². The number of benzene rings is 2. The van der Waals surface area contributed by atoms with Crippen LogP contribution < -0.4 is 0 Å². The number of nitrogens with one attached hydrogen (secondary N) is 1. The molecule has 0 saturated carbocycles. The van der Waals surface area contributed by atoms with Gasteiger partial charge in [0.05, 0.1) is 17.3 Å². The zero-order valence-corrected chi connectivity index (χ0v) is 19.9. The van der Waals surface area contributed by atoms with Gasteiger partial charge < -0.3 is 4.90 Å². The summed E-state index contributed by atoms with van der Waals surface area (Å²) in [6.45, 7) is 6.92. The molecule has 2 aromatic heterocycles. The summed E-state index contributed by atoms with van der Waals surface area (Å²) in [5.41, 5.74) is 2.67. The molecule has 0 aliphatic rings. The summed E-state index contributed by atoms with van der Waals surface area (Å²) in [7, 11) is 0. The van der Waals surface area contributed by atoms with Crippen LogP contribution in [0.15, 0.2) is 67.0 Å². The van der Waals surface area contributed by atoms with E-state index in [0.717, 1.165) is 23.1 Å². The van der Waals surface area contributed by atoms with E-state index in [1.807, 2.05) is 24.3 Å². The van der Waals surface area contributed by atoms with E-state index in [1.54, 1.807) is 29.4 Å². The second kappa shape index (κ2) is 9.52. The van der Waals surface area contributed by atoms with Crippen LogP contribution in [0.3, 0.4) is 0 Å². The smallest absolute Gasteiger partial charge is 0.333 e. The lowest BCUT2D eigenvalue weighted by atomic mass is 9.87. The second-order valence-electron chi connectivity index (χ2n) is 9.62. The molecule has 0 aliphatic heterocycles. The monoisotopic (exact) mass is 480 g/mol. The van der Waals surface area contributed by atoms with E-state index in [1.165, 1.54) is 11.6 Å². The SMILES string of the molecule is CC(C)(C)c1ccc(CN(CCc2cccc(C(F)(F)F)c2)C(=O)c2nccc3cn[nH]c23)cc1. The standard InChI is InChI=1S/C27H27F3N4O/c1-26(2,3)21-9-7-19(8-10-21)17-34(14-12-18-5-4-6-22(15-18)27(28,29)30)25(35)24-23-20(11-13-31-24)16-32-33-23/h4-11,13,15-16H,12,14,17H2,1-3H3,(H,32,33). The molecule has 5 nitrogen and oxygen atoms in total. The highest BCUT2D eigenvalue weighted by Crippen LogP contribution is 2.30. The fourth-order valence-corrected chi connectivity index (χ4v) is 3.93. The van der Waals surface area contributed by atoms with E-state index in [9.17, 15) is 18.0 Å². The van der Waals surface area contributed by atoms with Gasteiger partial charge in [0, 0.05) is 24.7 Å². The maximum Gasteiger partial charge on any atom is 0.416 e. The summed E-state index contributed by atoms with van der Waals surface area (Å²) in [6, 6.07) is 15.0. The van der Waals surface area contributed by atoms with Crippen molar-refractivity contribution in [2.45, 2.75) is 45.3 Å². The van der Waals surface area contributed by atoms with Crippen molar-refractivity contribution in [1.29, 1.82) is 0 Å². The van der Waals surface area contributed by atoms with E-state index in [-0.39, 0.29) is 30.0 Å². The number of halogens is 3. The van der Waals surface area contributed by atoms with Crippen molar-refractivity contribution < 1.29 is 18.0 Å². The van der Waals surface area contributed by atoms with Crippen molar-refractivity contribution in [2.24, 2.45) is 0 Å². The fraction of sp³-hybridized carbons (Fsp3) is 0.296. The van der Waals surface area contributed by atoms with Crippen LogP contribution in [0.5, 0.6) is 0 Å². The third-order valence-corrected chi connectivity index (χ3v) is 5.97. The molecule has 2 heterocycles. The van der Waals surface area contributed by atoms with Crippen LogP contribution in [0.25, 0.3) is 10.9 Å². The van der Waals surface area contributed by atoms with Gasteiger partial charge in [0.2, 0.25) is 0 Å². The Morgan fingerprint density at radius 1 is 0.971 bits per heavy atom. The van der Waals surface area contributed by atoms with E-state index in [0.29, 0.717) is 17.6 Å². The Morgan fingerprint density at radius 2 is 1.71 bits per heavy atom. The molecule has 0 atom stereocenters. The number of hydrogen-bond donors (Lipinski definition) is 1. The van der Waals surface area contributed by atoms with Gasteiger partial charge in [-0.3, -0.25) is 9.89 Å². The molecule has 0 bridgehead atoms. The van der Waals surface area contributed by atoms with Gasteiger partial charge in [0.15, 0.2) is 5.69 Å². The minimum absolute atomic E-state index is 0.00226. The molecular weight excluding hydrogens is 453 g/mol. The fourth-order valence-electron chi connectivity index (χ4n) is 3.93. The van der Waals surface area contributed by atoms with Crippen molar-refractivity contribution in [3.05, 3.63) is 94.9 Å². The topological polar surface area (TPSA) is 61.9 Å². The first-order valence-electron chi connectivity index (χ1n) is 11.4. The number of rotatable bonds is 6. The number of aromatic amines is 1. The Hall–Kier alpha value is -3.68. The molecule has 0 spiro atoms. The lowest BCUT2D eigenvalue weighted by molar-refractivity contribution is -0.137. The first kappa shape index (κ1) is 24.4. The molecule has 1 N–H and O–H groups in total. The number of fused-ring (bicyclic) bond motifs is 1. The van der Waals surface area contributed by atoms with Crippen molar-refractivity contribution in [3.8, 4) is 0 Å². The number of pyridine rings is 1. The Kier molecular flexibility index (Phi) is 6.65. The summed E-state index contributed by atoms with van der Waals surface area (Å²) in [4.78, 5) is 19.5. The molecule has 8 heteroatoms. The Morgan fingerprint density at radius 3 is 2.40 bits per heavy atom. The first-order chi connectivity index (χ1) is 16.5. The van der Waals surface area contributed by atoms with Gasteiger partial charge >= 0.3 is 6.18 Å². The summed E-state index contributed by atoms with van der Waals surface area (Å²) >= 11 is 0. The first-order valence-corrected chi connectivity index (χ1v) is 11.4. The molecule has 1 amide bonds. The third-order valence-electron chi connectivity index (χ3n) is 5.97. The molecule has 4 aromatic rings. The van der Waals surface area contributed by atoms with Gasteiger partial charge in [0.25, 0.3) is 5.91 Å². The number of H-pyrrole nitrogens is 1. The summed E-state index contributed by atoms with van der Waals surface area (Å²) in [5.74, 6) is -0.313. The molecule has 35 heavy (non-hydrogen) atoms. The minimum Gasteiger partial charge on any atom is -0.333 e. The highest BCUT2D eigenvalue weighted by Gasteiger charge is 2.30. The van der Waals surface area contributed by atoms with E-state index >= 15 is 0 Å². The maximum atomic E-state index is 13.6. The lowest BCUT2D eigenvalue weighted by Crippen LogP contribution is -2.33.